The number of hydrogen-bond donors (Lipinski definition) is 4. The van der Waals surface area contributed by atoms with Gasteiger partial charge in [0.05, 0.1) is 11.4 Å². The first-order chi connectivity index (χ1) is 39.6. The number of nitrogens with zero attached hydrogens (tertiary/aromatic N) is 7. The number of piperazine rings is 1. The maximum absolute atomic E-state index is 12.9. The van der Waals surface area contributed by atoms with Gasteiger partial charge in [-0.2, -0.15) is 0 Å². The Bertz CT molecular complexity index is 4190. The Morgan fingerprint density at radius 1 is 0.481 bits per heavy atom. The number of hydrogen-bond acceptors (Lipinski definition) is 13. The van der Waals surface area contributed by atoms with Crippen molar-refractivity contribution in [2.24, 2.45) is 0 Å². The summed E-state index contributed by atoms with van der Waals surface area (Å²) in [6.07, 6.45) is 3.08. The maximum atomic E-state index is 12.9. The number of likely N-dealkylation sites (N-methyl/N-ethyl adjacent to an activating group) is 1. The third kappa shape index (κ3) is 11.7. The summed E-state index contributed by atoms with van der Waals surface area (Å²) in [5.74, 6) is 1.02. The molecule has 0 radical (unpaired) electrons. The van der Waals surface area contributed by atoms with Gasteiger partial charge in [-0.25, -0.2) is 19.9 Å². The van der Waals surface area contributed by atoms with Gasteiger partial charge >= 0.3 is 0 Å². The van der Waals surface area contributed by atoms with E-state index in [0.717, 1.165) is 122 Å². The number of anilines is 7. The molecule has 0 saturated carbocycles. The Kier molecular flexibility index (Phi) is 14.6. The largest absolute Gasteiger partial charge is 0.455 e. The van der Waals surface area contributed by atoms with Crippen molar-refractivity contribution in [3.63, 3.8) is 0 Å². The molecule has 81 heavy (non-hydrogen) atoms. The summed E-state index contributed by atoms with van der Waals surface area (Å²) in [7, 11) is 6.09. The average molecular weight is 1070 g/mol. The molecule has 2 amide bonds. The third-order valence-corrected chi connectivity index (χ3v) is 14.4. The molecule has 0 aliphatic carbocycles. The number of amides is 2. The summed E-state index contributed by atoms with van der Waals surface area (Å²) in [5.41, 5.74) is 13.2. The third-order valence-electron chi connectivity index (χ3n) is 14.4. The van der Waals surface area contributed by atoms with Crippen molar-refractivity contribution in [2.75, 3.05) is 73.5 Å². The van der Waals surface area contributed by atoms with Crippen LogP contribution in [0.3, 0.4) is 0 Å². The van der Waals surface area contributed by atoms with Crippen molar-refractivity contribution in [3.8, 4) is 22.5 Å². The van der Waals surface area contributed by atoms with Crippen LogP contribution in [0.25, 0.3) is 66.4 Å². The predicted octanol–water partition coefficient (Wildman–Crippen LogP) is 13.9. The zero-order valence-corrected chi connectivity index (χ0v) is 44.9. The Balaban J connectivity index is 0.000000162. The van der Waals surface area contributed by atoms with E-state index in [9.17, 15) is 9.59 Å². The molecule has 12 aromatic rings. The average Bonchev–Trinajstić information content (AvgIpc) is 4.32. The van der Waals surface area contributed by atoms with E-state index in [1.807, 2.05) is 189 Å². The first kappa shape index (κ1) is 51.5. The minimum atomic E-state index is -0.156. The highest BCUT2D eigenvalue weighted by Crippen LogP contribution is 2.37. The second-order valence-electron chi connectivity index (χ2n) is 20.2. The van der Waals surface area contributed by atoms with Crippen LogP contribution in [0.2, 0.25) is 0 Å². The first-order valence-corrected chi connectivity index (χ1v) is 26.7. The highest BCUT2D eigenvalue weighted by atomic mass is 16.3. The van der Waals surface area contributed by atoms with Crippen molar-refractivity contribution in [1.29, 1.82) is 0 Å². The maximum Gasteiger partial charge on any atom is 0.255 e. The number of fused-ring (bicyclic) bond motifs is 6. The van der Waals surface area contributed by atoms with Crippen LogP contribution in [0.15, 0.2) is 216 Å². The van der Waals surface area contributed by atoms with Gasteiger partial charge in [0.2, 0.25) is 0 Å². The van der Waals surface area contributed by atoms with Gasteiger partial charge in [0.25, 0.3) is 11.8 Å². The van der Waals surface area contributed by atoms with E-state index >= 15 is 0 Å². The number of benzene rings is 8. The molecule has 1 aliphatic rings. The lowest BCUT2D eigenvalue weighted by Crippen LogP contribution is -2.43. The summed E-state index contributed by atoms with van der Waals surface area (Å²) < 4.78 is 12.4. The van der Waals surface area contributed by atoms with Gasteiger partial charge in [0.15, 0.2) is 0 Å². The first-order valence-electron chi connectivity index (χ1n) is 26.7. The van der Waals surface area contributed by atoms with E-state index in [4.69, 9.17) is 8.83 Å². The molecule has 0 spiro atoms. The molecule has 4 N–H and O–H groups in total. The molecule has 0 unspecified atom stereocenters. The molecule has 5 heterocycles. The summed E-state index contributed by atoms with van der Waals surface area (Å²) in [6, 6.07) is 62.5. The molecule has 1 aliphatic heterocycles. The molecule has 0 atom stereocenters. The second-order valence-corrected chi connectivity index (χ2v) is 20.2. The van der Waals surface area contributed by atoms with Crippen molar-refractivity contribution in [2.45, 2.75) is 6.54 Å². The molecule has 4 aromatic heterocycles. The molecule has 1 fully saturated rings. The van der Waals surface area contributed by atoms with Gasteiger partial charge in [-0.15, -0.1) is 0 Å². The Morgan fingerprint density at radius 3 is 1.38 bits per heavy atom. The molecule has 0 bridgehead atoms. The summed E-state index contributed by atoms with van der Waals surface area (Å²) >= 11 is 0. The number of aromatic nitrogens is 4. The van der Waals surface area contributed by atoms with E-state index in [0.29, 0.717) is 28.5 Å². The number of furan rings is 2. The molecule has 15 nitrogen and oxygen atoms in total. The molecular weight excluding hydrogens is 1010 g/mol. The fourth-order valence-corrected chi connectivity index (χ4v) is 9.96. The Morgan fingerprint density at radius 2 is 0.914 bits per heavy atom. The number of nitrogens with one attached hydrogen (secondary N) is 4. The van der Waals surface area contributed by atoms with E-state index in [-0.39, 0.29) is 11.8 Å². The highest BCUT2D eigenvalue weighted by molar-refractivity contribution is 6.11. The normalized spacial score (nSPS) is 12.7. The van der Waals surface area contributed by atoms with Crippen LogP contribution in [0.5, 0.6) is 0 Å². The quantitative estimate of drug-likeness (QED) is 0.0861. The molecule has 1 saturated heterocycles. The fraction of sp³-hybridized carbons (Fsp3) is 0.121. The van der Waals surface area contributed by atoms with Crippen molar-refractivity contribution >= 4 is 95.8 Å². The van der Waals surface area contributed by atoms with E-state index in [1.54, 1.807) is 6.33 Å². The highest BCUT2D eigenvalue weighted by Gasteiger charge is 2.18. The summed E-state index contributed by atoms with van der Waals surface area (Å²) in [6.45, 7) is 5.24. The van der Waals surface area contributed by atoms with Crippen LogP contribution in [0.1, 0.15) is 26.3 Å². The zero-order valence-electron chi connectivity index (χ0n) is 44.9. The lowest BCUT2D eigenvalue weighted by Gasteiger charge is -2.32. The van der Waals surface area contributed by atoms with Gasteiger partial charge in [0, 0.05) is 131 Å². The SMILES string of the molecule is CN(C)c1ccc(C(=O)Nc2ccc(Nc3cc(-c4cccc5c4oc4ccccc45)ncn3)cc2)cc1.CN1CCN(Cc2ccc(C(=O)Nc3ccc(Nc4cc(-c5cccc6c5oc5ccccc56)ncn4)cc3)cc2)CC1. The van der Waals surface area contributed by atoms with Crippen LogP contribution in [0, 0.1) is 0 Å². The van der Waals surface area contributed by atoms with Gasteiger partial charge in [-0.05, 0) is 122 Å². The zero-order chi connectivity index (χ0) is 55.2. The summed E-state index contributed by atoms with van der Waals surface area (Å²) in [5, 5.41) is 16.9. The van der Waals surface area contributed by atoms with Gasteiger partial charge in [-0.1, -0.05) is 72.8 Å². The smallest absolute Gasteiger partial charge is 0.255 e. The van der Waals surface area contributed by atoms with Gasteiger partial charge < -0.3 is 39.9 Å². The van der Waals surface area contributed by atoms with Gasteiger partial charge in [0.1, 0.15) is 46.6 Å². The Labute approximate surface area is 467 Å². The molecule has 400 valence electrons. The fourth-order valence-electron chi connectivity index (χ4n) is 9.96. The van der Waals surface area contributed by atoms with Crippen LogP contribution < -0.4 is 26.2 Å². The minimum Gasteiger partial charge on any atom is -0.455 e. The predicted molar refractivity (Wildman–Crippen MR) is 325 cm³/mol. The summed E-state index contributed by atoms with van der Waals surface area (Å²) in [4.78, 5) is 50.1. The van der Waals surface area contributed by atoms with E-state index < -0.39 is 0 Å². The molecular formula is C66H57N11O4. The molecule has 15 heteroatoms. The number of carbonyl (C=O) groups is 2. The Hall–Kier alpha value is -10.2. The molecule has 13 rings (SSSR count). The van der Waals surface area contributed by atoms with E-state index in [2.05, 4.69) is 82.3 Å². The van der Waals surface area contributed by atoms with Crippen molar-refractivity contribution in [1.82, 2.24) is 29.7 Å². The lowest BCUT2D eigenvalue weighted by molar-refractivity contribution is 0.101. The lowest BCUT2D eigenvalue weighted by atomic mass is 10.1. The van der Waals surface area contributed by atoms with Crippen LogP contribution in [-0.4, -0.2) is 88.9 Å². The number of para-hydroxylation sites is 4. The van der Waals surface area contributed by atoms with Gasteiger partial charge in [-0.3, -0.25) is 14.5 Å². The number of carbonyl (C=O) groups excluding carboxylic acids is 2. The van der Waals surface area contributed by atoms with E-state index in [1.165, 1.54) is 11.9 Å². The second kappa shape index (κ2) is 23.0. The van der Waals surface area contributed by atoms with Crippen molar-refractivity contribution < 1.29 is 18.4 Å². The standard InChI is InChI=1S/C35H32N6O2.C31H25N5O2/c1-40-17-19-41(20-18-40)22-24-9-11-25(12-10-24)35(42)39-27-15-13-26(14-16-27)38-33-21-31(36-23-37-33)30-7-4-6-29-28-5-2-3-8-32(28)43-34(29)30;1-36(2)23-16-10-20(11-17-23)31(37)35-22-14-12-21(13-15-22)34-29-18-27(32-19-33-29)26-8-5-7-25-24-6-3-4-9-28(24)38-30(25)26/h2-16,21,23H,17-20,22H2,1H3,(H,39,42)(H,36,37,38);3-19H,1-2H3,(H,35,37)(H,32,33,34). The monoisotopic (exact) mass is 1070 g/mol. The topological polar surface area (TPSA) is 170 Å². The molecule has 8 aromatic carbocycles. The van der Waals surface area contributed by atoms with Crippen LogP contribution in [0.4, 0.5) is 40.1 Å². The number of rotatable bonds is 13. The minimum absolute atomic E-state index is 0.132. The van der Waals surface area contributed by atoms with Crippen molar-refractivity contribution in [3.05, 3.63) is 223 Å². The van der Waals surface area contributed by atoms with Crippen LogP contribution in [-0.2, 0) is 6.54 Å². The van der Waals surface area contributed by atoms with Crippen LogP contribution >= 0.6 is 0 Å².